The molecule has 0 saturated heterocycles. The molecule has 0 bridgehead atoms. The lowest BCUT2D eigenvalue weighted by Gasteiger charge is -2.05. The summed E-state index contributed by atoms with van der Waals surface area (Å²) in [5.41, 5.74) is 6.62. The van der Waals surface area contributed by atoms with Gasteiger partial charge in [0.25, 0.3) is 0 Å². The van der Waals surface area contributed by atoms with Crippen molar-refractivity contribution in [3.8, 4) is 0 Å². The van der Waals surface area contributed by atoms with Gasteiger partial charge in [0, 0.05) is 10.9 Å². The zero-order valence-electron chi connectivity index (χ0n) is 11.3. The van der Waals surface area contributed by atoms with E-state index in [1.165, 1.54) is 4.88 Å². The summed E-state index contributed by atoms with van der Waals surface area (Å²) in [7, 11) is 0. The summed E-state index contributed by atoms with van der Waals surface area (Å²) in [6.07, 6.45) is 0.974. The van der Waals surface area contributed by atoms with E-state index < -0.39 is 0 Å². The molecular formula is C13H15N5OS. The summed E-state index contributed by atoms with van der Waals surface area (Å²) in [5.74, 6) is 1.77. The molecule has 3 aromatic heterocycles. The highest BCUT2D eigenvalue weighted by Crippen LogP contribution is 2.30. The molecule has 0 fully saturated rings. The van der Waals surface area contributed by atoms with Crippen LogP contribution in [0.1, 0.15) is 23.3 Å². The van der Waals surface area contributed by atoms with Crippen molar-refractivity contribution in [1.29, 1.82) is 0 Å². The Morgan fingerprint density at radius 3 is 2.90 bits per heavy atom. The zero-order chi connectivity index (χ0) is 14.1. The molecule has 3 aromatic rings. The van der Waals surface area contributed by atoms with Crippen molar-refractivity contribution in [1.82, 2.24) is 15.1 Å². The second-order valence-corrected chi connectivity index (χ2v) is 5.62. The topological polar surface area (TPSA) is 89.9 Å². The molecule has 0 aliphatic carbocycles. The molecule has 0 amide bonds. The van der Waals surface area contributed by atoms with Gasteiger partial charge in [0.15, 0.2) is 5.76 Å². The first-order valence-corrected chi connectivity index (χ1v) is 7.19. The summed E-state index contributed by atoms with van der Waals surface area (Å²) in [4.78, 5) is 10.7. The lowest BCUT2D eigenvalue weighted by atomic mass is 10.3. The summed E-state index contributed by atoms with van der Waals surface area (Å²) >= 11 is 1.64. The van der Waals surface area contributed by atoms with Gasteiger partial charge < -0.3 is 15.6 Å². The standard InChI is InChI=1S/C13H15N5OS/c1-3-9-5-10-11(16-13(14)17-12(10)20-9)15-6-8-4-7(2)18-19-8/h4-5H,3,6H2,1-2H3,(H3,14,15,16,17). The van der Waals surface area contributed by atoms with E-state index in [0.29, 0.717) is 6.54 Å². The first-order valence-electron chi connectivity index (χ1n) is 6.37. The third kappa shape index (κ3) is 2.44. The Labute approximate surface area is 120 Å². The SMILES string of the molecule is CCc1cc2c(NCc3cc(C)no3)nc(N)nc2s1. The number of nitrogen functional groups attached to an aromatic ring is 1. The Hall–Kier alpha value is -2.15. The fraction of sp³-hybridized carbons (Fsp3) is 0.308. The Morgan fingerprint density at radius 1 is 1.35 bits per heavy atom. The number of rotatable bonds is 4. The quantitative estimate of drug-likeness (QED) is 0.767. The zero-order valence-corrected chi connectivity index (χ0v) is 12.1. The summed E-state index contributed by atoms with van der Waals surface area (Å²) in [6.45, 7) is 4.52. The number of aryl methyl sites for hydroxylation is 2. The third-order valence-corrected chi connectivity index (χ3v) is 4.09. The van der Waals surface area contributed by atoms with Crippen molar-refractivity contribution in [2.45, 2.75) is 26.8 Å². The van der Waals surface area contributed by atoms with Crippen LogP contribution in [0.3, 0.4) is 0 Å². The first kappa shape index (κ1) is 12.9. The number of hydrogen-bond acceptors (Lipinski definition) is 7. The predicted molar refractivity (Wildman–Crippen MR) is 79.8 cm³/mol. The highest BCUT2D eigenvalue weighted by Gasteiger charge is 2.11. The lowest BCUT2D eigenvalue weighted by molar-refractivity contribution is 0.384. The van der Waals surface area contributed by atoms with E-state index in [4.69, 9.17) is 10.3 Å². The van der Waals surface area contributed by atoms with Crippen molar-refractivity contribution >= 4 is 33.3 Å². The van der Waals surface area contributed by atoms with Crippen LogP contribution >= 0.6 is 11.3 Å². The van der Waals surface area contributed by atoms with Gasteiger partial charge in [-0.05, 0) is 19.4 Å². The molecule has 0 aliphatic rings. The second kappa shape index (κ2) is 5.09. The maximum Gasteiger partial charge on any atom is 0.223 e. The summed E-state index contributed by atoms with van der Waals surface area (Å²) in [6, 6.07) is 3.99. The van der Waals surface area contributed by atoms with Crippen LogP contribution in [-0.2, 0) is 13.0 Å². The monoisotopic (exact) mass is 289 g/mol. The van der Waals surface area contributed by atoms with E-state index in [1.807, 2.05) is 13.0 Å². The van der Waals surface area contributed by atoms with Crippen LogP contribution in [0.2, 0.25) is 0 Å². The van der Waals surface area contributed by atoms with Crippen LogP contribution in [0.5, 0.6) is 0 Å². The normalized spacial score (nSPS) is 11.1. The minimum Gasteiger partial charge on any atom is -0.368 e. The molecule has 3 N–H and O–H groups in total. The molecule has 6 nitrogen and oxygen atoms in total. The van der Waals surface area contributed by atoms with Gasteiger partial charge in [0.1, 0.15) is 10.6 Å². The molecule has 20 heavy (non-hydrogen) atoms. The van der Waals surface area contributed by atoms with E-state index >= 15 is 0 Å². The number of nitrogens with zero attached hydrogens (tertiary/aromatic N) is 3. The van der Waals surface area contributed by atoms with Gasteiger partial charge >= 0.3 is 0 Å². The van der Waals surface area contributed by atoms with Crippen molar-refractivity contribution in [3.63, 3.8) is 0 Å². The van der Waals surface area contributed by atoms with Crippen molar-refractivity contribution in [2.75, 3.05) is 11.1 Å². The molecule has 3 rings (SSSR count). The van der Waals surface area contributed by atoms with Crippen LogP contribution in [0, 0.1) is 6.92 Å². The van der Waals surface area contributed by atoms with Gasteiger partial charge in [-0.15, -0.1) is 11.3 Å². The van der Waals surface area contributed by atoms with Gasteiger partial charge in [-0.2, -0.15) is 4.98 Å². The number of anilines is 2. The molecule has 3 heterocycles. The molecule has 0 aromatic carbocycles. The maximum atomic E-state index is 5.76. The lowest BCUT2D eigenvalue weighted by Crippen LogP contribution is -2.04. The summed E-state index contributed by atoms with van der Waals surface area (Å²) < 4.78 is 5.17. The molecule has 104 valence electrons. The third-order valence-electron chi connectivity index (χ3n) is 2.92. The minimum absolute atomic E-state index is 0.276. The van der Waals surface area contributed by atoms with Crippen LogP contribution < -0.4 is 11.1 Å². The molecule has 0 saturated carbocycles. The molecule has 0 atom stereocenters. The van der Waals surface area contributed by atoms with Gasteiger partial charge in [0.05, 0.1) is 17.6 Å². The molecule has 7 heteroatoms. The fourth-order valence-corrected chi connectivity index (χ4v) is 2.94. The van der Waals surface area contributed by atoms with Crippen LogP contribution in [-0.4, -0.2) is 15.1 Å². The smallest absolute Gasteiger partial charge is 0.223 e. The predicted octanol–water partition coefficient (Wildman–Crippen LogP) is 2.74. The average molecular weight is 289 g/mol. The van der Waals surface area contributed by atoms with E-state index in [2.05, 4.69) is 33.4 Å². The fourth-order valence-electron chi connectivity index (χ4n) is 1.97. The van der Waals surface area contributed by atoms with E-state index in [1.54, 1.807) is 11.3 Å². The van der Waals surface area contributed by atoms with E-state index in [0.717, 1.165) is 33.9 Å². The van der Waals surface area contributed by atoms with Crippen molar-refractivity contribution < 1.29 is 4.52 Å². The highest BCUT2D eigenvalue weighted by molar-refractivity contribution is 7.18. The number of hydrogen-bond donors (Lipinski definition) is 2. The largest absolute Gasteiger partial charge is 0.368 e. The number of nitrogens with two attached hydrogens (primary N) is 1. The van der Waals surface area contributed by atoms with Crippen LogP contribution in [0.25, 0.3) is 10.2 Å². The van der Waals surface area contributed by atoms with Crippen LogP contribution in [0.4, 0.5) is 11.8 Å². The van der Waals surface area contributed by atoms with Gasteiger partial charge in [0.2, 0.25) is 5.95 Å². The van der Waals surface area contributed by atoms with Crippen molar-refractivity contribution in [3.05, 3.63) is 28.5 Å². The van der Waals surface area contributed by atoms with Crippen molar-refractivity contribution in [2.24, 2.45) is 0 Å². The molecule has 0 spiro atoms. The number of nitrogens with one attached hydrogen (secondary N) is 1. The molecular weight excluding hydrogens is 274 g/mol. The highest BCUT2D eigenvalue weighted by atomic mass is 32.1. The first-order chi connectivity index (χ1) is 9.65. The number of aromatic nitrogens is 3. The Morgan fingerprint density at radius 2 is 2.20 bits per heavy atom. The Balaban J connectivity index is 1.91. The van der Waals surface area contributed by atoms with E-state index in [-0.39, 0.29) is 5.95 Å². The number of thiophene rings is 1. The Kier molecular flexibility index (Phi) is 3.27. The summed E-state index contributed by atoms with van der Waals surface area (Å²) in [5, 5.41) is 8.09. The Bertz CT molecular complexity index is 748. The molecule has 0 unspecified atom stereocenters. The molecule has 0 radical (unpaired) electrons. The van der Waals surface area contributed by atoms with Gasteiger partial charge in [-0.25, -0.2) is 4.98 Å². The molecule has 0 aliphatic heterocycles. The van der Waals surface area contributed by atoms with E-state index in [9.17, 15) is 0 Å². The average Bonchev–Trinajstić information content (AvgIpc) is 3.01. The second-order valence-electron chi connectivity index (χ2n) is 4.50. The minimum atomic E-state index is 0.276. The van der Waals surface area contributed by atoms with Crippen LogP contribution in [0.15, 0.2) is 16.7 Å². The maximum absolute atomic E-state index is 5.76. The number of fused-ring (bicyclic) bond motifs is 1. The van der Waals surface area contributed by atoms with Gasteiger partial charge in [-0.1, -0.05) is 12.1 Å². The van der Waals surface area contributed by atoms with Gasteiger partial charge in [-0.3, -0.25) is 0 Å².